The fraction of sp³-hybridized carbons (Fsp3) is 0.500. The van der Waals surface area contributed by atoms with Crippen LogP contribution in [0.5, 0.6) is 0 Å². The molecule has 0 heterocycles. The van der Waals surface area contributed by atoms with Gasteiger partial charge in [-0.1, -0.05) is 38.1 Å². The van der Waals surface area contributed by atoms with Crippen molar-refractivity contribution in [2.24, 2.45) is 17.8 Å². The summed E-state index contributed by atoms with van der Waals surface area (Å²) in [5.74, 6) is 0.117. The highest BCUT2D eigenvalue weighted by Gasteiger charge is 2.45. The molecule has 0 unspecified atom stereocenters. The van der Waals surface area contributed by atoms with Crippen LogP contribution in [0.4, 0.5) is 0 Å². The van der Waals surface area contributed by atoms with Crippen LogP contribution in [0.15, 0.2) is 43.0 Å². The fourth-order valence-corrected chi connectivity index (χ4v) is 4.06. The van der Waals surface area contributed by atoms with E-state index in [4.69, 9.17) is 27.9 Å². The molecule has 1 saturated carbocycles. The number of hydrogen-bond acceptors (Lipinski definition) is 2. The monoisotopic (exact) mass is 340 g/mol. The number of hydrogen-bond donors (Lipinski definition) is 0. The summed E-state index contributed by atoms with van der Waals surface area (Å²) in [6, 6.07) is 8.99. The molecular weight excluding hydrogens is 319 g/mol. The second kappa shape index (κ2) is 7.52. The van der Waals surface area contributed by atoms with Gasteiger partial charge in [0.05, 0.1) is 10.9 Å². The first-order valence-electron chi connectivity index (χ1n) is 7.62. The van der Waals surface area contributed by atoms with E-state index >= 15 is 0 Å². The molecule has 2 rings (SSSR count). The maximum atomic E-state index is 12.4. The molecule has 1 aromatic carbocycles. The van der Waals surface area contributed by atoms with Crippen LogP contribution in [0.3, 0.4) is 0 Å². The average molecular weight is 341 g/mol. The maximum absolute atomic E-state index is 12.4. The first-order valence-corrected chi connectivity index (χ1v) is 8.49. The number of carbonyl (C=O) groups excluding carboxylic acids is 1. The molecule has 2 nitrogen and oxygen atoms in total. The van der Waals surface area contributed by atoms with E-state index in [0.717, 1.165) is 0 Å². The third kappa shape index (κ3) is 3.67. The Kier molecular flexibility index (Phi) is 5.94. The van der Waals surface area contributed by atoms with Gasteiger partial charge in [0.25, 0.3) is 0 Å². The van der Waals surface area contributed by atoms with Crippen LogP contribution in [0.2, 0.25) is 0 Å². The van der Waals surface area contributed by atoms with Crippen LogP contribution in [-0.4, -0.2) is 22.8 Å². The molecule has 0 saturated heterocycles. The lowest BCUT2D eigenvalue weighted by Gasteiger charge is -2.43. The largest absolute Gasteiger partial charge is 0.457 e. The van der Waals surface area contributed by atoms with Gasteiger partial charge in [-0.25, -0.2) is 4.79 Å². The highest BCUT2D eigenvalue weighted by Crippen LogP contribution is 2.42. The lowest BCUT2D eigenvalue weighted by Crippen LogP contribution is -2.49. The van der Waals surface area contributed by atoms with Gasteiger partial charge in [-0.15, -0.1) is 29.8 Å². The Hall–Kier alpha value is -0.990. The minimum Gasteiger partial charge on any atom is -0.457 e. The van der Waals surface area contributed by atoms with Gasteiger partial charge in [0, 0.05) is 11.3 Å². The zero-order valence-electron chi connectivity index (χ0n) is 12.9. The Morgan fingerprint density at radius 1 is 1.32 bits per heavy atom. The summed E-state index contributed by atoms with van der Waals surface area (Å²) in [6.07, 6.45) is 2.16. The highest BCUT2D eigenvalue weighted by molar-refractivity contribution is 6.24. The molecule has 0 radical (unpaired) electrons. The number of esters is 1. The Balaban J connectivity index is 2.21. The number of rotatable bonds is 4. The Morgan fingerprint density at radius 3 is 2.55 bits per heavy atom. The summed E-state index contributed by atoms with van der Waals surface area (Å²) in [4.78, 5) is 12.4. The summed E-state index contributed by atoms with van der Waals surface area (Å²) >= 11 is 12.9. The summed E-state index contributed by atoms with van der Waals surface area (Å²) in [5, 5.41) is -0.291. The number of ether oxygens (including phenoxy) is 1. The summed E-state index contributed by atoms with van der Waals surface area (Å²) in [5.41, 5.74) is 0.539. The third-order valence-corrected chi connectivity index (χ3v) is 5.60. The molecule has 1 aromatic rings. The number of allylic oxidation sites excluding steroid dienone is 1. The molecule has 22 heavy (non-hydrogen) atoms. The van der Waals surface area contributed by atoms with Crippen LogP contribution < -0.4 is 0 Å². The molecule has 120 valence electrons. The van der Waals surface area contributed by atoms with Crippen LogP contribution in [0.25, 0.3) is 0 Å². The van der Waals surface area contributed by atoms with E-state index < -0.39 is 0 Å². The second-order valence-corrected chi connectivity index (χ2v) is 7.16. The smallest absolute Gasteiger partial charge is 0.338 e. The Bertz CT molecular complexity index is 517. The summed E-state index contributed by atoms with van der Waals surface area (Å²) in [7, 11) is 0. The molecule has 0 aromatic heterocycles. The van der Waals surface area contributed by atoms with Crippen LogP contribution in [0, 0.1) is 17.8 Å². The number of carbonyl (C=O) groups is 1. The first-order chi connectivity index (χ1) is 10.5. The third-order valence-electron chi connectivity index (χ3n) is 4.60. The van der Waals surface area contributed by atoms with Gasteiger partial charge >= 0.3 is 5.97 Å². The van der Waals surface area contributed by atoms with Gasteiger partial charge in [0.15, 0.2) is 0 Å². The van der Waals surface area contributed by atoms with E-state index in [2.05, 4.69) is 20.4 Å². The van der Waals surface area contributed by atoms with Gasteiger partial charge in [0.2, 0.25) is 0 Å². The minimum atomic E-state index is -0.354. The average Bonchev–Trinajstić information content (AvgIpc) is 2.53. The lowest BCUT2D eigenvalue weighted by atomic mass is 9.71. The molecular formula is C18H22Cl2O2. The van der Waals surface area contributed by atoms with Crippen molar-refractivity contribution >= 4 is 29.2 Å². The quantitative estimate of drug-likeness (QED) is 0.442. The summed E-state index contributed by atoms with van der Waals surface area (Å²) < 4.78 is 5.77. The molecule has 0 bridgehead atoms. The predicted molar refractivity (Wildman–Crippen MR) is 91.6 cm³/mol. The van der Waals surface area contributed by atoms with Crippen LogP contribution in [-0.2, 0) is 4.74 Å². The normalized spacial score (nSPS) is 33.0. The Morgan fingerprint density at radius 2 is 1.95 bits per heavy atom. The molecule has 0 amide bonds. The van der Waals surface area contributed by atoms with E-state index in [1.165, 1.54) is 0 Å². The van der Waals surface area contributed by atoms with Crippen molar-refractivity contribution in [2.45, 2.75) is 37.1 Å². The topological polar surface area (TPSA) is 26.3 Å². The van der Waals surface area contributed by atoms with E-state index in [9.17, 15) is 4.79 Å². The van der Waals surface area contributed by atoms with Crippen molar-refractivity contribution < 1.29 is 9.53 Å². The van der Waals surface area contributed by atoms with Crippen molar-refractivity contribution in [3.05, 3.63) is 48.6 Å². The molecule has 4 heteroatoms. The maximum Gasteiger partial charge on any atom is 0.338 e. The van der Waals surface area contributed by atoms with Crippen molar-refractivity contribution in [1.82, 2.24) is 0 Å². The molecule has 0 N–H and O–H groups in total. The van der Waals surface area contributed by atoms with Gasteiger partial charge in [-0.05, 0) is 30.4 Å². The van der Waals surface area contributed by atoms with E-state index in [-0.39, 0.29) is 40.6 Å². The molecule has 6 atom stereocenters. The van der Waals surface area contributed by atoms with E-state index in [1.54, 1.807) is 12.1 Å². The second-order valence-electron chi connectivity index (χ2n) is 6.03. The SMILES string of the molecule is C=C[C@H](C)[C@@H]1[C@H](C)[C@H](Cl)C[C@H](Cl)[C@@H]1OC(=O)c1ccccc1. The first kappa shape index (κ1) is 17.4. The van der Waals surface area contributed by atoms with Crippen LogP contribution in [0.1, 0.15) is 30.6 Å². The molecule has 0 spiro atoms. The predicted octanol–water partition coefficient (Wildman–Crippen LogP) is 4.90. The number of benzene rings is 1. The molecule has 1 fully saturated rings. The van der Waals surface area contributed by atoms with E-state index in [0.29, 0.717) is 12.0 Å². The van der Waals surface area contributed by atoms with Gasteiger partial charge < -0.3 is 4.74 Å². The van der Waals surface area contributed by atoms with Crippen molar-refractivity contribution in [2.75, 3.05) is 0 Å². The summed E-state index contributed by atoms with van der Waals surface area (Å²) in [6.45, 7) is 8.02. The van der Waals surface area contributed by atoms with Gasteiger partial charge in [-0.3, -0.25) is 0 Å². The lowest BCUT2D eigenvalue weighted by molar-refractivity contribution is -0.0177. The van der Waals surface area contributed by atoms with Crippen molar-refractivity contribution in [3.63, 3.8) is 0 Å². The van der Waals surface area contributed by atoms with Crippen molar-refractivity contribution in [1.29, 1.82) is 0 Å². The molecule has 0 aliphatic heterocycles. The fourth-order valence-electron chi connectivity index (χ4n) is 3.20. The van der Waals surface area contributed by atoms with Gasteiger partial charge in [0.1, 0.15) is 6.10 Å². The number of alkyl halides is 2. The van der Waals surface area contributed by atoms with Gasteiger partial charge in [-0.2, -0.15) is 0 Å². The molecule has 1 aliphatic rings. The number of halogens is 2. The van der Waals surface area contributed by atoms with Crippen LogP contribution >= 0.6 is 23.2 Å². The highest BCUT2D eigenvalue weighted by atomic mass is 35.5. The zero-order valence-corrected chi connectivity index (χ0v) is 14.4. The minimum absolute atomic E-state index is 0.0124. The standard InChI is InChI=1S/C18H22Cl2O2/c1-4-11(2)16-12(3)14(19)10-15(20)17(16)22-18(21)13-8-6-5-7-9-13/h4-9,11-12,14-17H,1,10H2,2-3H3/t11-,12+,14+,15-,16+,17-/m0/s1. The van der Waals surface area contributed by atoms with Crippen molar-refractivity contribution in [3.8, 4) is 0 Å². The Labute approximate surface area is 142 Å². The van der Waals surface area contributed by atoms with E-state index in [1.807, 2.05) is 24.3 Å². The zero-order chi connectivity index (χ0) is 16.3. The molecule has 1 aliphatic carbocycles.